The van der Waals surface area contributed by atoms with E-state index in [2.05, 4.69) is 23.8 Å². The van der Waals surface area contributed by atoms with Crippen molar-refractivity contribution in [3.63, 3.8) is 0 Å². The van der Waals surface area contributed by atoms with E-state index < -0.39 is 0 Å². The average Bonchev–Trinajstić information content (AvgIpc) is 2.88. The van der Waals surface area contributed by atoms with E-state index in [4.69, 9.17) is 4.74 Å². The lowest BCUT2D eigenvalue weighted by Crippen LogP contribution is -2.07. The predicted octanol–water partition coefficient (Wildman–Crippen LogP) is 9.26. The number of unbranched alkanes of at least 4 members (excludes halogenated alkanes) is 14. The highest BCUT2D eigenvalue weighted by atomic mass is 16.5. The quantitative estimate of drug-likeness (QED) is 0.108. The van der Waals surface area contributed by atoms with Gasteiger partial charge in [0.05, 0.1) is 17.6 Å². The number of esters is 1. The molecule has 4 heteroatoms. The van der Waals surface area contributed by atoms with Gasteiger partial charge in [-0.1, -0.05) is 104 Å². The molecule has 2 rings (SSSR count). The highest BCUT2D eigenvalue weighted by Gasteiger charge is 2.07. The largest absolute Gasteiger partial charge is 0.427 e. The molecule has 1 heterocycles. The number of ether oxygens (including phenoxy) is 1. The van der Waals surface area contributed by atoms with Crippen LogP contribution in [-0.4, -0.2) is 15.9 Å². The lowest BCUT2D eigenvalue weighted by Gasteiger charge is -2.07. The van der Waals surface area contributed by atoms with E-state index in [9.17, 15) is 4.79 Å². The zero-order valence-electron chi connectivity index (χ0n) is 22.4. The third kappa shape index (κ3) is 13.4. The van der Waals surface area contributed by atoms with Crippen LogP contribution in [0.5, 0.6) is 5.75 Å². The van der Waals surface area contributed by atoms with Gasteiger partial charge in [0.2, 0.25) is 0 Å². The molecule has 0 atom stereocenters. The predicted molar refractivity (Wildman–Crippen MR) is 147 cm³/mol. The summed E-state index contributed by atoms with van der Waals surface area (Å²) in [4.78, 5) is 21.3. The number of carbonyl (C=O) groups is 1. The van der Waals surface area contributed by atoms with Crippen LogP contribution in [-0.2, 0) is 11.2 Å². The van der Waals surface area contributed by atoms with E-state index in [1.54, 1.807) is 0 Å². The molecule has 0 saturated carbocycles. The molecule has 0 fully saturated rings. The molecule has 0 aliphatic heterocycles. The monoisotopic (exact) mass is 480 g/mol. The van der Waals surface area contributed by atoms with Crippen molar-refractivity contribution in [3.8, 4) is 17.0 Å². The zero-order chi connectivity index (χ0) is 25.0. The molecule has 0 saturated heterocycles. The molecule has 1 aromatic carbocycles. The molecule has 4 nitrogen and oxygen atoms in total. The highest BCUT2D eigenvalue weighted by Crippen LogP contribution is 2.21. The van der Waals surface area contributed by atoms with Crippen molar-refractivity contribution in [2.24, 2.45) is 0 Å². The number of benzene rings is 1. The van der Waals surface area contributed by atoms with E-state index in [0.717, 1.165) is 36.2 Å². The number of aryl methyl sites for hydroxylation is 1. The molecule has 0 bridgehead atoms. The first-order chi connectivity index (χ1) is 17.2. The molecule has 1 aromatic heterocycles. The second-order valence-corrected chi connectivity index (χ2v) is 9.84. The Balaban J connectivity index is 1.56. The average molecular weight is 481 g/mol. The lowest BCUT2D eigenvalue weighted by molar-refractivity contribution is -0.134. The maximum atomic E-state index is 12.2. The van der Waals surface area contributed by atoms with Gasteiger partial charge in [-0.3, -0.25) is 14.8 Å². The van der Waals surface area contributed by atoms with Gasteiger partial charge in [-0.15, -0.1) is 0 Å². The number of rotatable bonds is 20. The first-order valence-electron chi connectivity index (χ1n) is 14.3. The minimum absolute atomic E-state index is 0.142. The fraction of sp³-hybridized carbons (Fsp3) is 0.645. The molecular formula is C31H48N2O2. The topological polar surface area (TPSA) is 52.1 Å². The SMILES string of the molecule is CCCCCCCCCCCCCCC(=O)Oc1ccc(-c2cnc(CCCCCC)cn2)cc1. The smallest absolute Gasteiger partial charge is 0.311 e. The minimum atomic E-state index is -0.142. The molecule has 194 valence electrons. The van der Waals surface area contributed by atoms with Crippen molar-refractivity contribution in [2.45, 2.75) is 129 Å². The van der Waals surface area contributed by atoms with Crippen LogP contribution < -0.4 is 4.74 Å². The second-order valence-electron chi connectivity index (χ2n) is 9.84. The molecule has 0 aliphatic carbocycles. The number of nitrogens with zero attached hydrogens (tertiary/aromatic N) is 2. The number of carbonyl (C=O) groups excluding carboxylic acids is 1. The number of hydrogen-bond acceptors (Lipinski definition) is 4. The molecule has 0 radical (unpaired) electrons. The van der Waals surface area contributed by atoms with Crippen LogP contribution in [0.3, 0.4) is 0 Å². The van der Waals surface area contributed by atoms with Crippen LogP contribution in [0.1, 0.15) is 129 Å². The summed E-state index contributed by atoms with van der Waals surface area (Å²) in [5.41, 5.74) is 2.88. The summed E-state index contributed by atoms with van der Waals surface area (Å²) in [6, 6.07) is 7.57. The van der Waals surface area contributed by atoms with E-state index in [1.165, 1.54) is 89.9 Å². The van der Waals surface area contributed by atoms with Crippen molar-refractivity contribution in [1.29, 1.82) is 0 Å². The lowest BCUT2D eigenvalue weighted by atomic mass is 10.0. The van der Waals surface area contributed by atoms with Crippen LogP contribution in [0.15, 0.2) is 36.7 Å². The fourth-order valence-corrected chi connectivity index (χ4v) is 4.35. The van der Waals surface area contributed by atoms with Crippen molar-refractivity contribution in [2.75, 3.05) is 0 Å². The van der Waals surface area contributed by atoms with Gasteiger partial charge in [-0.2, -0.15) is 0 Å². The fourth-order valence-electron chi connectivity index (χ4n) is 4.35. The molecule has 2 aromatic rings. The molecule has 0 amide bonds. The first kappa shape index (κ1) is 29.0. The Hall–Kier alpha value is -2.23. The summed E-state index contributed by atoms with van der Waals surface area (Å²) in [6.45, 7) is 4.49. The van der Waals surface area contributed by atoms with Crippen LogP contribution in [0.25, 0.3) is 11.3 Å². The van der Waals surface area contributed by atoms with Crippen molar-refractivity contribution < 1.29 is 9.53 Å². The number of aromatic nitrogens is 2. The molecule has 0 N–H and O–H groups in total. The summed E-state index contributed by atoms with van der Waals surface area (Å²) < 4.78 is 5.51. The molecular weight excluding hydrogens is 432 g/mol. The Labute approximate surface area is 214 Å². The minimum Gasteiger partial charge on any atom is -0.427 e. The Kier molecular flexibility index (Phi) is 15.8. The van der Waals surface area contributed by atoms with Gasteiger partial charge >= 0.3 is 5.97 Å². The van der Waals surface area contributed by atoms with Crippen molar-refractivity contribution >= 4 is 5.97 Å². The maximum Gasteiger partial charge on any atom is 0.311 e. The van der Waals surface area contributed by atoms with Crippen LogP contribution in [0.2, 0.25) is 0 Å². The first-order valence-corrected chi connectivity index (χ1v) is 14.3. The summed E-state index contributed by atoms with van der Waals surface area (Å²) in [7, 11) is 0. The Bertz CT molecular complexity index is 787. The Morgan fingerprint density at radius 3 is 1.74 bits per heavy atom. The van der Waals surface area contributed by atoms with Gasteiger partial charge in [0.25, 0.3) is 0 Å². The standard InChI is InChI=1S/C31H48N2O2/c1-3-5-7-9-10-11-12-13-14-15-16-18-20-31(34)35-29-23-21-27(22-24-29)30-26-32-28(25-33-30)19-17-8-6-4-2/h21-26H,3-20H2,1-2H3. The maximum absolute atomic E-state index is 12.2. The number of hydrogen-bond donors (Lipinski definition) is 0. The normalized spacial score (nSPS) is 11.0. The summed E-state index contributed by atoms with van der Waals surface area (Å²) in [6.07, 6.45) is 25.6. The zero-order valence-corrected chi connectivity index (χ0v) is 22.4. The summed E-state index contributed by atoms with van der Waals surface area (Å²) in [5.74, 6) is 0.454. The van der Waals surface area contributed by atoms with Gasteiger partial charge < -0.3 is 4.74 Å². The van der Waals surface area contributed by atoms with E-state index in [1.807, 2.05) is 36.7 Å². The van der Waals surface area contributed by atoms with E-state index >= 15 is 0 Å². The van der Waals surface area contributed by atoms with Gasteiger partial charge in [-0.25, -0.2) is 0 Å². The van der Waals surface area contributed by atoms with Gasteiger partial charge in [0.15, 0.2) is 0 Å². The molecule has 0 spiro atoms. The van der Waals surface area contributed by atoms with Crippen LogP contribution in [0.4, 0.5) is 0 Å². The van der Waals surface area contributed by atoms with Crippen LogP contribution in [0, 0.1) is 0 Å². The van der Waals surface area contributed by atoms with Gasteiger partial charge in [-0.05, 0) is 43.5 Å². The third-order valence-corrected chi connectivity index (χ3v) is 6.61. The molecule has 0 aliphatic rings. The van der Waals surface area contributed by atoms with Crippen molar-refractivity contribution in [3.05, 3.63) is 42.4 Å². The molecule has 0 unspecified atom stereocenters. The van der Waals surface area contributed by atoms with E-state index in [0.29, 0.717) is 12.2 Å². The second kappa shape index (κ2) is 19.0. The third-order valence-electron chi connectivity index (χ3n) is 6.61. The van der Waals surface area contributed by atoms with Crippen molar-refractivity contribution in [1.82, 2.24) is 9.97 Å². The summed E-state index contributed by atoms with van der Waals surface area (Å²) >= 11 is 0. The molecule has 35 heavy (non-hydrogen) atoms. The van der Waals surface area contributed by atoms with Gasteiger partial charge in [0.1, 0.15) is 5.75 Å². The highest BCUT2D eigenvalue weighted by molar-refractivity contribution is 5.72. The Morgan fingerprint density at radius 1 is 0.657 bits per heavy atom. The van der Waals surface area contributed by atoms with Crippen LogP contribution >= 0.6 is 0 Å². The summed E-state index contributed by atoms with van der Waals surface area (Å²) in [5, 5.41) is 0. The van der Waals surface area contributed by atoms with Gasteiger partial charge in [0, 0.05) is 18.2 Å². The Morgan fingerprint density at radius 2 is 1.20 bits per heavy atom. The van der Waals surface area contributed by atoms with E-state index in [-0.39, 0.29) is 5.97 Å².